The number of nitrogens with one attached hydrogen (secondary N) is 1. The van der Waals surface area contributed by atoms with Crippen molar-refractivity contribution in [1.82, 2.24) is 0 Å². The van der Waals surface area contributed by atoms with Crippen molar-refractivity contribution in [1.29, 1.82) is 0 Å². The number of hydrogen-bond donors (Lipinski definition) is 3. The summed E-state index contributed by atoms with van der Waals surface area (Å²) in [7, 11) is 1.61. The third-order valence-electron chi connectivity index (χ3n) is 3.80. The fourth-order valence-corrected chi connectivity index (χ4v) is 2.67. The van der Waals surface area contributed by atoms with Crippen LogP contribution >= 0.6 is 0 Å². The molecule has 100 valence electrons. The summed E-state index contributed by atoms with van der Waals surface area (Å²) >= 11 is 0. The summed E-state index contributed by atoms with van der Waals surface area (Å²) in [6.45, 7) is 0.143. The van der Waals surface area contributed by atoms with Gasteiger partial charge in [0, 0.05) is 0 Å². The minimum Gasteiger partial charge on any atom is -0.495 e. The Morgan fingerprint density at radius 2 is 2.06 bits per heavy atom. The summed E-state index contributed by atoms with van der Waals surface area (Å²) in [5.74, 6) is 0.670. The van der Waals surface area contributed by atoms with Gasteiger partial charge in [0.1, 0.15) is 5.75 Å². The number of methoxy groups -OCH3 is 1. The van der Waals surface area contributed by atoms with Gasteiger partial charge in [-0.15, -0.1) is 0 Å². The van der Waals surface area contributed by atoms with Crippen LogP contribution in [0.1, 0.15) is 32.1 Å². The first-order valence-electron chi connectivity index (χ1n) is 6.52. The number of ether oxygens (including phenoxy) is 1. The van der Waals surface area contributed by atoms with Crippen LogP contribution in [0.25, 0.3) is 0 Å². The summed E-state index contributed by atoms with van der Waals surface area (Å²) in [6, 6.07) is 5.68. The van der Waals surface area contributed by atoms with E-state index in [1.165, 1.54) is 6.42 Å². The smallest absolute Gasteiger partial charge is 0.143 e. The Balaban J connectivity index is 2.21. The molecule has 1 aliphatic rings. The lowest BCUT2D eigenvalue weighted by molar-refractivity contribution is 0.173. The Hall–Kier alpha value is -1.42. The molecular weight excluding hydrogens is 228 g/mol. The fourth-order valence-electron chi connectivity index (χ4n) is 2.67. The molecule has 1 saturated carbocycles. The number of benzene rings is 1. The van der Waals surface area contributed by atoms with Crippen LogP contribution in [0, 0.1) is 0 Å². The van der Waals surface area contributed by atoms with E-state index in [-0.39, 0.29) is 12.1 Å². The zero-order valence-corrected chi connectivity index (χ0v) is 10.9. The second-order valence-electron chi connectivity index (χ2n) is 5.05. The van der Waals surface area contributed by atoms with E-state index in [0.717, 1.165) is 31.4 Å². The first kappa shape index (κ1) is 13.0. The van der Waals surface area contributed by atoms with Gasteiger partial charge >= 0.3 is 0 Å². The monoisotopic (exact) mass is 250 g/mol. The minimum absolute atomic E-state index is 0.143. The molecule has 0 atom stereocenters. The van der Waals surface area contributed by atoms with E-state index in [9.17, 15) is 5.11 Å². The Kier molecular flexibility index (Phi) is 3.97. The molecule has 0 saturated heterocycles. The highest BCUT2D eigenvalue weighted by Gasteiger charge is 2.31. The van der Waals surface area contributed by atoms with Crippen LogP contribution in [-0.4, -0.2) is 24.4 Å². The van der Waals surface area contributed by atoms with Gasteiger partial charge in [-0.1, -0.05) is 25.3 Å². The molecule has 1 aliphatic carbocycles. The highest BCUT2D eigenvalue weighted by Crippen LogP contribution is 2.36. The molecule has 0 radical (unpaired) electrons. The maximum atomic E-state index is 9.69. The Morgan fingerprint density at radius 1 is 1.33 bits per heavy atom. The van der Waals surface area contributed by atoms with Gasteiger partial charge < -0.3 is 20.9 Å². The van der Waals surface area contributed by atoms with Crippen molar-refractivity contribution in [3.05, 3.63) is 18.2 Å². The van der Waals surface area contributed by atoms with Crippen molar-refractivity contribution in [2.45, 2.75) is 37.6 Å². The Morgan fingerprint density at radius 3 is 2.67 bits per heavy atom. The van der Waals surface area contributed by atoms with Crippen LogP contribution in [0.2, 0.25) is 0 Å². The highest BCUT2D eigenvalue weighted by atomic mass is 16.5. The second-order valence-corrected chi connectivity index (χ2v) is 5.05. The van der Waals surface area contributed by atoms with Gasteiger partial charge in [0.25, 0.3) is 0 Å². The number of aliphatic hydroxyl groups excluding tert-OH is 1. The number of nitrogens with two attached hydrogens (primary N) is 1. The maximum Gasteiger partial charge on any atom is 0.143 e. The number of aliphatic hydroxyl groups is 1. The van der Waals surface area contributed by atoms with Gasteiger partial charge in [-0.3, -0.25) is 0 Å². The predicted octanol–water partition coefficient (Wildman–Crippen LogP) is 2.38. The molecule has 1 aromatic rings. The number of rotatable bonds is 4. The van der Waals surface area contributed by atoms with Crippen LogP contribution in [0.5, 0.6) is 5.75 Å². The summed E-state index contributed by atoms with van der Waals surface area (Å²) in [5.41, 5.74) is 7.29. The number of nitrogen functional groups attached to an aromatic ring is 1. The number of para-hydroxylation sites is 1. The normalized spacial score (nSPS) is 18.3. The summed E-state index contributed by atoms with van der Waals surface area (Å²) in [6.07, 6.45) is 5.52. The van der Waals surface area contributed by atoms with E-state index in [0.29, 0.717) is 11.4 Å². The lowest BCUT2D eigenvalue weighted by atomic mass is 9.82. The molecule has 0 amide bonds. The molecule has 0 unspecified atom stereocenters. The van der Waals surface area contributed by atoms with Gasteiger partial charge in [0.2, 0.25) is 0 Å². The van der Waals surface area contributed by atoms with E-state index >= 15 is 0 Å². The van der Waals surface area contributed by atoms with Gasteiger partial charge in [0.05, 0.1) is 30.6 Å². The maximum absolute atomic E-state index is 9.69. The van der Waals surface area contributed by atoms with E-state index in [4.69, 9.17) is 10.5 Å². The van der Waals surface area contributed by atoms with Crippen molar-refractivity contribution in [2.75, 3.05) is 24.8 Å². The van der Waals surface area contributed by atoms with Crippen molar-refractivity contribution >= 4 is 11.4 Å². The molecule has 4 nitrogen and oxygen atoms in total. The average molecular weight is 250 g/mol. The standard InChI is InChI=1S/C14H22N2O2/c1-18-12-7-5-6-11(13(12)15)16-14(10-17)8-3-2-4-9-14/h5-7,16-17H,2-4,8-10,15H2,1H3. The van der Waals surface area contributed by atoms with Crippen molar-refractivity contribution in [3.8, 4) is 5.75 Å². The molecule has 0 aromatic heterocycles. The number of anilines is 2. The zero-order valence-electron chi connectivity index (χ0n) is 10.9. The highest BCUT2D eigenvalue weighted by molar-refractivity contribution is 5.73. The molecule has 0 aliphatic heterocycles. The molecule has 0 spiro atoms. The molecule has 0 heterocycles. The second kappa shape index (κ2) is 5.48. The molecule has 1 fully saturated rings. The van der Waals surface area contributed by atoms with Gasteiger partial charge in [-0.25, -0.2) is 0 Å². The average Bonchev–Trinajstić information content (AvgIpc) is 2.42. The minimum atomic E-state index is -0.223. The number of hydrogen-bond acceptors (Lipinski definition) is 4. The van der Waals surface area contributed by atoms with Crippen molar-refractivity contribution < 1.29 is 9.84 Å². The van der Waals surface area contributed by atoms with Crippen LogP contribution < -0.4 is 15.8 Å². The first-order valence-corrected chi connectivity index (χ1v) is 6.52. The Labute approximate surface area is 108 Å². The third kappa shape index (κ3) is 2.53. The van der Waals surface area contributed by atoms with Crippen LogP contribution in [0.15, 0.2) is 18.2 Å². The lowest BCUT2D eigenvalue weighted by Crippen LogP contribution is -2.44. The van der Waals surface area contributed by atoms with Crippen molar-refractivity contribution in [3.63, 3.8) is 0 Å². The molecular formula is C14H22N2O2. The topological polar surface area (TPSA) is 67.5 Å². The first-order chi connectivity index (χ1) is 8.71. The van der Waals surface area contributed by atoms with E-state index in [1.54, 1.807) is 7.11 Å². The molecule has 4 heteroatoms. The van der Waals surface area contributed by atoms with Crippen LogP contribution in [-0.2, 0) is 0 Å². The van der Waals surface area contributed by atoms with Crippen molar-refractivity contribution in [2.24, 2.45) is 0 Å². The molecule has 4 N–H and O–H groups in total. The van der Waals surface area contributed by atoms with Gasteiger partial charge in [-0.05, 0) is 25.0 Å². The fraction of sp³-hybridized carbons (Fsp3) is 0.571. The summed E-state index contributed by atoms with van der Waals surface area (Å²) in [4.78, 5) is 0. The largest absolute Gasteiger partial charge is 0.495 e. The SMILES string of the molecule is COc1cccc(NC2(CO)CCCCC2)c1N. The lowest BCUT2D eigenvalue weighted by Gasteiger charge is -2.37. The molecule has 2 rings (SSSR count). The van der Waals surface area contributed by atoms with E-state index in [1.807, 2.05) is 18.2 Å². The summed E-state index contributed by atoms with van der Waals surface area (Å²) < 4.78 is 5.21. The van der Waals surface area contributed by atoms with Crippen LogP contribution in [0.4, 0.5) is 11.4 Å². The summed E-state index contributed by atoms with van der Waals surface area (Å²) in [5, 5.41) is 13.1. The quantitative estimate of drug-likeness (QED) is 0.718. The van der Waals surface area contributed by atoms with Crippen LogP contribution in [0.3, 0.4) is 0 Å². The predicted molar refractivity (Wildman–Crippen MR) is 73.9 cm³/mol. The van der Waals surface area contributed by atoms with E-state index in [2.05, 4.69) is 5.32 Å². The van der Waals surface area contributed by atoms with Gasteiger partial charge in [-0.2, -0.15) is 0 Å². The third-order valence-corrected chi connectivity index (χ3v) is 3.80. The zero-order chi connectivity index (χ0) is 13.0. The molecule has 0 bridgehead atoms. The molecule has 18 heavy (non-hydrogen) atoms. The van der Waals surface area contributed by atoms with Gasteiger partial charge in [0.15, 0.2) is 0 Å². The van der Waals surface area contributed by atoms with E-state index < -0.39 is 0 Å². The molecule has 1 aromatic carbocycles. The Bertz CT molecular complexity index is 401.